The summed E-state index contributed by atoms with van der Waals surface area (Å²) in [6.07, 6.45) is 6.37. The second-order valence-electron chi connectivity index (χ2n) is 4.29. The lowest BCUT2D eigenvalue weighted by atomic mass is 10.2. The van der Waals surface area contributed by atoms with E-state index >= 15 is 0 Å². The molecule has 0 amide bonds. The largest absolute Gasteiger partial charge is 0.243 e. The van der Waals surface area contributed by atoms with Crippen molar-refractivity contribution >= 4 is 12.0 Å². The van der Waals surface area contributed by atoms with Gasteiger partial charge >= 0.3 is 0 Å². The summed E-state index contributed by atoms with van der Waals surface area (Å²) in [6, 6.07) is 8.39. The zero-order valence-corrected chi connectivity index (χ0v) is 11.2. The normalized spacial score (nSPS) is 11.4. The first-order valence-electron chi connectivity index (χ1n) is 6.20. The van der Waals surface area contributed by atoms with E-state index in [1.54, 1.807) is 0 Å². The summed E-state index contributed by atoms with van der Waals surface area (Å²) >= 11 is 0. The second-order valence-corrected chi connectivity index (χ2v) is 4.29. The molecule has 0 N–H and O–H groups in total. The van der Waals surface area contributed by atoms with Gasteiger partial charge in [0, 0.05) is 0 Å². The van der Waals surface area contributed by atoms with Gasteiger partial charge in [-0.15, -0.1) is 0 Å². The van der Waals surface area contributed by atoms with E-state index in [2.05, 4.69) is 67.6 Å². The Bertz CT molecular complexity index is 394. The highest BCUT2D eigenvalue weighted by Crippen LogP contribution is 2.16. The molecule has 1 aromatic carbocycles. The van der Waals surface area contributed by atoms with Crippen LogP contribution in [0.5, 0.6) is 0 Å². The second kappa shape index (κ2) is 6.89. The Labute approximate surface area is 105 Å². The maximum atomic E-state index is 3.85. The molecule has 0 unspecified atom stereocenters. The van der Waals surface area contributed by atoms with Crippen molar-refractivity contribution in [2.75, 3.05) is 18.5 Å². The van der Waals surface area contributed by atoms with Crippen LogP contribution < -0.4 is 4.90 Å². The Morgan fingerprint density at radius 1 is 1.35 bits per heavy atom. The smallest absolute Gasteiger partial charge is 0.241 e. The predicted octanol–water partition coefficient (Wildman–Crippen LogP) is 3.42. The number of rotatable bonds is 6. The Hall–Kier alpha value is -1.57. The molecule has 2 nitrogen and oxygen atoms in total. The maximum absolute atomic E-state index is 3.85. The molecule has 0 heterocycles. The van der Waals surface area contributed by atoms with E-state index in [9.17, 15) is 0 Å². The summed E-state index contributed by atoms with van der Waals surface area (Å²) in [7, 11) is 2.07. The third kappa shape index (κ3) is 4.06. The van der Waals surface area contributed by atoms with Crippen molar-refractivity contribution in [2.45, 2.75) is 26.7 Å². The molecular weight excluding hydrogens is 208 g/mol. The standard InChI is InChI=1S/C15H23N2/c1-5-7-12-17(6-2)13-16(4)15-11-9-8-10-14(15)3/h6,8-11,13H,2,5,7,12H2,1,3-4H3/q+1. The first-order valence-corrected chi connectivity index (χ1v) is 6.20. The Kier molecular flexibility index (Phi) is 5.47. The molecule has 0 bridgehead atoms. The van der Waals surface area contributed by atoms with Crippen molar-refractivity contribution in [1.29, 1.82) is 0 Å². The van der Waals surface area contributed by atoms with Gasteiger partial charge in [-0.25, -0.2) is 9.48 Å². The van der Waals surface area contributed by atoms with Gasteiger partial charge in [-0.05, 0) is 25.0 Å². The van der Waals surface area contributed by atoms with Crippen LogP contribution in [-0.2, 0) is 0 Å². The van der Waals surface area contributed by atoms with E-state index in [0.29, 0.717) is 0 Å². The summed E-state index contributed by atoms with van der Waals surface area (Å²) in [4.78, 5) is 2.15. The van der Waals surface area contributed by atoms with Gasteiger partial charge in [0.25, 0.3) is 0 Å². The zero-order chi connectivity index (χ0) is 12.7. The number of benzene rings is 1. The average molecular weight is 231 g/mol. The summed E-state index contributed by atoms with van der Waals surface area (Å²) in [5.74, 6) is 0. The van der Waals surface area contributed by atoms with Gasteiger partial charge in [0.05, 0.1) is 19.8 Å². The molecule has 0 aliphatic carbocycles. The van der Waals surface area contributed by atoms with Crippen molar-refractivity contribution in [3.63, 3.8) is 0 Å². The van der Waals surface area contributed by atoms with Crippen LogP contribution in [0.25, 0.3) is 0 Å². The van der Waals surface area contributed by atoms with E-state index in [-0.39, 0.29) is 0 Å². The molecule has 0 saturated heterocycles. The van der Waals surface area contributed by atoms with Crippen LogP contribution in [0.1, 0.15) is 25.3 Å². The van der Waals surface area contributed by atoms with Gasteiger partial charge < -0.3 is 0 Å². The molecule has 1 aromatic rings. The summed E-state index contributed by atoms with van der Waals surface area (Å²) < 4.78 is 2.13. The van der Waals surface area contributed by atoms with E-state index in [1.165, 1.54) is 24.1 Å². The topological polar surface area (TPSA) is 6.25 Å². The number of aryl methyl sites for hydroxylation is 1. The number of anilines is 1. The highest BCUT2D eigenvalue weighted by molar-refractivity contribution is 5.76. The SMILES string of the molecule is C=C[N+](=CN(C)c1ccccc1C)CCCC. The van der Waals surface area contributed by atoms with Gasteiger partial charge in [0.2, 0.25) is 6.34 Å². The predicted molar refractivity (Wildman–Crippen MR) is 75.9 cm³/mol. The lowest BCUT2D eigenvalue weighted by molar-refractivity contribution is -0.453. The molecule has 17 heavy (non-hydrogen) atoms. The van der Waals surface area contributed by atoms with Crippen molar-refractivity contribution in [3.8, 4) is 0 Å². The van der Waals surface area contributed by atoms with Crippen molar-refractivity contribution in [1.82, 2.24) is 0 Å². The summed E-state index contributed by atoms with van der Waals surface area (Å²) in [5, 5.41) is 0. The van der Waals surface area contributed by atoms with Crippen LogP contribution in [0.2, 0.25) is 0 Å². The quantitative estimate of drug-likeness (QED) is 0.413. The fraction of sp³-hybridized carbons (Fsp3) is 0.400. The highest BCUT2D eigenvalue weighted by Gasteiger charge is 2.08. The van der Waals surface area contributed by atoms with Gasteiger partial charge in [-0.2, -0.15) is 0 Å². The van der Waals surface area contributed by atoms with Crippen LogP contribution in [0, 0.1) is 6.92 Å². The molecule has 0 atom stereocenters. The summed E-state index contributed by atoms with van der Waals surface area (Å²) in [6.45, 7) is 9.20. The molecule has 92 valence electrons. The molecule has 0 fully saturated rings. The van der Waals surface area contributed by atoms with Gasteiger partial charge in [-0.3, -0.25) is 0 Å². The molecule has 0 saturated carbocycles. The van der Waals surface area contributed by atoms with Crippen LogP contribution in [-0.4, -0.2) is 24.5 Å². The molecule has 0 spiro atoms. The number of nitrogens with zero attached hydrogens (tertiary/aromatic N) is 2. The molecule has 0 aliphatic heterocycles. The van der Waals surface area contributed by atoms with Crippen molar-refractivity contribution < 1.29 is 4.58 Å². The van der Waals surface area contributed by atoms with E-state index in [1.807, 2.05) is 6.20 Å². The maximum Gasteiger partial charge on any atom is 0.243 e. The van der Waals surface area contributed by atoms with Crippen LogP contribution in [0.3, 0.4) is 0 Å². The van der Waals surface area contributed by atoms with Gasteiger partial charge in [0.1, 0.15) is 5.69 Å². The zero-order valence-electron chi connectivity index (χ0n) is 11.2. The minimum absolute atomic E-state index is 1.02. The Morgan fingerprint density at radius 2 is 2.06 bits per heavy atom. The van der Waals surface area contributed by atoms with Crippen molar-refractivity contribution in [2.24, 2.45) is 0 Å². The van der Waals surface area contributed by atoms with E-state index < -0.39 is 0 Å². The highest BCUT2D eigenvalue weighted by atomic mass is 15.2. The fourth-order valence-electron chi connectivity index (χ4n) is 1.78. The Balaban J connectivity index is 2.82. The van der Waals surface area contributed by atoms with E-state index in [4.69, 9.17) is 0 Å². The molecule has 2 heteroatoms. The molecular formula is C15H23N2+. The lowest BCUT2D eigenvalue weighted by Gasteiger charge is -2.11. The number of hydrogen-bond acceptors (Lipinski definition) is 0. The van der Waals surface area contributed by atoms with Gasteiger partial charge in [0.15, 0.2) is 0 Å². The molecule has 0 radical (unpaired) electrons. The number of unbranched alkanes of at least 4 members (excludes halogenated alkanes) is 1. The number of hydrogen-bond donors (Lipinski definition) is 0. The average Bonchev–Trinajstić information content (AvgIpc) is 2.34. The third-order valence-corrected chi connectivity index (χ3v) is 2.82. The van der Waals surface area contributed by atoms with Gasteiger partial charge in [-0.1, -0.05) is 38.1 Å². The van der Waals surface area contributed by atoms with Crippen LogP contribution >= 0.6 is 0 Å². The Morgan fingerprint density at radius 3 is 2.65 bits per heavy atom. The summed E-state index contributed by atoms with van der Waals surface area (Å²) in [5.41, 5.74) is 2.52. The minimum atomic E-state index is 1.02. The lowest BCUT2D eigenvalue weighted by Crippen LogP contribution is -2.23. The molecule has 0 aromatic heterocycles. The van der Waals surface area contributed by atoms with Crippen LogP contribution in [0.4, 0.5) is 5.69 Å². The fourth-order valence-corrected chi connectivity index (χ4v) is 1.78. The molecule has 1 rings (SSSR count). The third-order valence-electron chi connectivity index (χ3n) is 2.82. The first-order chi connectivity index (χ1) is 8.19. The van der Waals surface area contributed by atoms with E-state index in [0.717, 1.165) is 6.54 Å². The monoisotopic (exact) mass is 231 g/mol. The van der Waals surface area contributed by atoms with Crippen molar-refractivity contribution in [3.05, 3.63) is 42.6 Å². The van der Waals surface area contributed by atoms with Crippen LogP contribution in [0.15, 0.2) is 37.0 Å². The molecule has 0 aliphatic rings. The minimum Gasteiger partial charge on any atom is -0.241 e. The number of para-hydroxylation sites is 1. The first kappa shape index (κ1) is 13.5.